The number of nitrogens with zero attached hydrogens (tertiary/aromatic N) is 1. The summed E-state index contributed by atoms with van der Waals surface area (Å²) in [4.78, 5) is 15.7. The highest BCUT2D eigenvalue weighted by Crippen LogP contribution is 2.25. The van der Waals surface area contributed by atoms with Gasteiger partial charge in [-0.15, -0.1) is 0 Å². The van der Waals surface area contributed by atoms with Gasteiger partial charge in [-0.25, -0.2) is 0 Å². The highest BCUT2D eigenvalue weighted by Gasteiger charge is 2.06. The summed E-state index contributed by atoms with van der Waals surface area (Å²) in [6.45, 7) is 3.45. The Morgan fingerprint density at radius 2 is 2.06 bits per heavy atom. The molecule has 3 heteroatoms. The van der Waals surface area contributed by atoms with Crippen LogP contribution in [-0.4, -0.2) is 17.9 Å². The predicted octanol–water partition coefficient (Wildman–Crippen LogP) is 2.75. The van der Waals surface area contributed by atoms with Crippen LogP contribution in [0, 0.1) is 6.92 Å². The van der Waals surface area contributed by atoms with Gasteiger partial charge in [0.1, 0.15) is 5.75 Å². The van der Waals surface area contributed by atoms with E-state index in [1.165, 1.54) is 0 Å². The minimum atomic E-state index is 0.0455. The van der Waals surface area contributed by atoms with E-state index in [9.17, 15) is 4.79 Å². The zero-order valence-electron chi connectivity index (χ0n) is 9.57. The number of benzene rings is 1. The van der Waals surface area contributed by atoms with E-state index in [0.29, 0.717) is 5.56 Å². The average Bonchev–Trinajstić information content (AvgIpc) is 2.26. The van der Waals surface area contributed by atoms with Crippen LogP contribution >= 0.6 is 0 Å². The van der Waals surface area contributed by atoms with Gasteiger partial charge in [-0.1, -0.05) is 6.07 Å². The number of aromatic nitrogens is 1. The second-order valence-corrected chi connectivity index (χ2v) is 3.75. The molecule has 0 atom stereocenters. The molecule has 2 aromatic rings. The molecule has 82 valence electrons. The molecule has 0 unspecified atom stereocenters. The van der Waals surface area contributed by atoms with Crippen LogP contribution in [0.5, 0.6) is 5.75 Å². The Kier molecular flexibility index (Phi) is 2.60. The molecule has 0 saturated carbocycles. The number of methoxy groups -OCH3 is 1. The van der Waals surface area contributed by atoms with Gasteiger partial charge in [0, 0.05) is 22.7 Å². The van der Waals surface area contributed by atoms with Gasteiger partial charge in [-0.2, -0.15) is 0 Å². The van der Waals surface area contributed by atoms with E-state index in [4.69, 9.17) is 4.74 Å². The van der Waals surface area contributed by atoms with Crippen LogP contribution in [0.3, 0.4) is 0 Å². The number of ether oxygens (including phenoxy) is 1. The molecule has 0 aliphatic rings. The van der Waals surface area contributed by atoms with Crippen LogP contribution < -0.4 is 4.74 Å². The predicted molar refractivity (Wildman–Crippen MR) is 63.0 cm³/mol. The first kappa shape index (κ1) is 10.6. The van der Waals surface area contributed by atoms with Crippen molar-refractivity contribution in [3.8, 4) is 5.75 Å². The highest BCUT2D eigenvalue weighted by atomic mass is 16.5. The maximum Gasteiger partial charge on any atom is 0.159 e. The summed E-state index contributed by atoms with van der Waals surface area (Å²) in [6.07, 6.45) is 0. The Balaban J connectivity index is 2.74. The third-order valence-electron chi connectivity index (χ3n) is 2.53. The summed E-state index contributed by atoms with van der Waals surface area (Å²) >= 11 is 0. The maximum atomic E-state index is 11.3. The SMILES string of the molecule is COc1cc(C)nc2cc(C(C)=O)ccc12. The summed E-state index contributed by atoms with van der Waals surface area (Å²) in [7, 11) is 1.63. The molecule has 2 rings (SSSR count). The Morgan fingerprint density at radius 3 is 2.69 bits per heavy atom. The minimum Gasteiger partial charge on any atom is -0.496 e. The molecule has 1 heterocycles. The highest BCUT2D eigenvalue weighted by molar-refractivity contribution is 5.98. The lowest BCUT2D eigenvalue weighted by Gasteiger charge is -2.07. The van der Waals surface area contributed by atoms with Crippen molar-refractivity contribution >= 4 is 16.7 Å². The molecule has 0 bridgehead atoms. The Morgan fingerprint density at radius 1 is 1.31 bits per heavy atom. The van der Waals surface area contributed by atoms with Crippen LogP contribution in [0.25, 0.3) is 10.9 Å². The van der Waals surface area contributed by atoms with Crippen molar-refractivity contribution in [2.24, 2.45) is 0 Å². The number of ketones is 1. The number of fused-ring (bicyclic) bond motifs is 1. The van der Waals surface area contributed by atoms with Crippen LogP contribution in [-0.2, 0) is 0 Å². The van der Waals surface area contributed by atoms with E-state index in [1.807, 2.05) is 19.1 Å². The van der Waals surface area contributed by atoms with Gasteiger partial charge < -0.3 is 4.74 Å². The number of Topliss-reactive ketones (excluding diaryl/α,β-unsaturated/α-hetero) is 1. The topological polar surface area (TPSA) is 39.2 Å². The van der Waals surface area contributed by atoms with Crippen LogP contribution in [0.15, 0.2) is 24.3 Å². The normalized spacial score (nSPS) is 10.4. The molecule has 3 nitrogen and oxygen atoms in total. The maximum absolute atomic E-state index is 11.3. The Hall–Kier alpha value is -1.90. The summed E-state index contributed by atoms with van der Waals surface area (Å²) in [6, 6.07) is 7.35. The van der Waals surface area contributed by atoms with Crippen molar-refractivity contribution < 1.29 is 9.53 Å². The van der Waals surface area contributed by atoms with E-state index in [1.54, 1.807) is 26.2 Å². The zero-order valence-corrected chi connectivity index (χ0v) is 9.57. The second kappa shape index (κ2) is 3.93. The van der Waals surface area contributed by atoms with Crippen LogP contribution in [0.1, 0.15) is 23.0 Å². The van der Waals surface area contributed by atoms with E-state index < -0.39 is 0 Å². The molecule has 0 aliphatic heterocycles. The number of hydrogen-bond acceptors (Lipinski definition) is 3. The van der Waals surface area contributed by atoms with E-state index in [2.05, 4.69) is 4.98 Å². The van der Waals surface area contributed by atoms with Crippen LogP contribution in [0.2, 0.25) is 0 Å². The molecule has 0 fully saturated rings. The first-order chi connectivity index (χ1) is 7.61. The lowest BCUT2D eigenvalue weighted by atomic mass is 10.1. The van der Waals surface area contributed by atoms with Gasteiger partial charge in [-0.3, -0.25) is 9.78 Å². The van der Waals surface area contributed by atoms with Crippen molar-refractivity contribution in [3.63, 3.8) is 0 Å². The van der Waals surface area contributed by atoms with E-state index in [0.717, 1.165) is 22.3 Å². The van der Waals surface area contributed by atoms with Crippen molar-refractivity contribution in [1.29, 1.82) is 0 Å². The standard InChI is InChI=1S/C13H13NO2/c1-8-6-13(16-3)11-5-4-10(9(2)15)7-12(11)14-8/h4-7H,1-3H3. The molecule has 0 aliphatic carbocycles. The number of pyridine rings is 1. The molecule has 0 saturated heterocycles. The number of carbonyl (C=O) groups excluding carboxylic acids is 1. The number of carbonyl (C=O) groups is 1. The fourth-order valence-electron chi connectivity index (χ4n) is 1.71. The lowest BCUT2D eigenvalue weighted by molar-refractivity contribution is 0.101. The average molecular weight is 215 g/mol. The smallest absolute Gasteiger partial charge is 0.159 e. The van der Waals surface area contributed by atoms with Crippen LogP contribution in [0.4, 0.5) is 0 Å². The summed E-state index contributed by atoms with van der Waals surface area (Å²) in [5, 5.41) is 0.929. The molecule has 0 N–H and O–H groups in total. The molecule has 1 aromatic carbocycles. The fraction of sp³-hybridized carbons (Fsp3) is 0.231. The second-order valence-electron chi connectivity index (χ2n) is 3.75. The minimum absolute atomic E-state index is 0.0455. The van der Waals surface area contributed by atoms with Crippen molar-refractivity contribution in [3.05, 3.63) is 35.5 Å². The third-order valence-corrected chi connectivity index (χ3v) is 2.53. The first-order valence-corrected chi connectivity index (χ1v) is 5.08. The number of hydrogen-bond donors (Lipinski definition) is 0. The van der Waals surface area contributed by atoms with Gasteiger partial charge in [0.15, 0.2) is 5.78 Å². The monoisotopic (exact) mass is 215 g/mol. The van der Waals surface area contributed by atoms with Gasteiger partial charge >= 0.3 is 0 Å². The largest absolute Gasteiger partial charge is 0.496 e. The van der Waals surface area contributed by atoms with Gasteiger partial charge in [0.05, 0.1) is 12.6 Å². The fourth-order valence-corrected chi connectivity index (χ4v) is 1.71. The van der Waals surface area contributed by atoms with Crippen molar-refractivity contribution in [2.45, 2.75) is 13.8 Å². The molecule has 0 radical (unpaired) electrons. The van der Waals surface area contributed by atoms with E-state index in [-0.39, 0.29) is 5.78 Å². The Labute approximate surface area is 94.1 Å². The molecule has 0 amide bonds. The zero-order chi connectivity index (χ0) is 11.7. The number of rotatable bonds is 2. The lowest BCUT2D eigenvalue weighted by Crippen LogP contribution is -1.95. The molecular formula is C13H13NO2. The molecular weight excluding hydrogens is 202 g/mol. The molecule has 0 spiro atoms. The van der Waals surface area contributed by atoms with Gasteiger partial charge in [-0.05, 0) is 26.0 Å². The molecule has 16 heavy (non-hydrogen) atoms. The van der Waals surface area contributed by atoms with E-state index >= 15 is 0 Å². The van der Waals surface area contributed by atoms with Gasteiger partial charge in [0.2, 0.25) is 0 Å². The Bertz CT molecular complexity index is 561. The van der Waals surface area contributed by atoms with Crippen molar-refractivity contribution in [2.75, 3.05) is 7.11 Å². The van der Waals surface area contributed by atoms with Gasteiger partial charge in [0.25, 0.3) is 0 Å². The quantitative estimate of drug-likeness (QED) is 0.723. The van der Waals surface area contributed by atoms with Crippen molar-refractivity contribution in [1.82, 2.24) is 4.98 Å². The summed E-state index contributed by atoms with van der Waals surface area (Å²) < 4.78 is 5.28. The summed E-state index contributed by atoms with van der Waals surface area (Å²) in [5.74, 6) is 0.835. The first-order valence-electron chi connectivity index (χ1n) is 5.08. The molecule has 1 aromatic heterocycles. The number of aryl methyl sites for hydroxylation is 1. The third kappa shape index (κ3) is 1.76. The summed E-state index contributed by atoms with van der Waals surface area (Å²) in [5.41, 5.74) is 2.35.